The molecule has 0 saturated carbocycles. The van der Waals surface area contributed by atoms with Crippen molar-refractivity contribution in [2.24, 2.45) is 5.73 Å². The summed E-state index contributed by atoms with van der Waals surface area (Å²) >= 11 is 1.58. The van der Waals surface area contributed by atoms with E-state index in [1.54, 1.807) is 18.9 Å². The smallest absolute Gasteiger partial charge is 0.355 e. The minimum Gasteiger partial charge on any atom is -0.497 e. The minimum atomic E-state index is -0.564. The van der Waals surface area contributed by atoms with E-state index >= 15 is 0 Å². The second-order valence-corrected chi connectivity index (χ2v) is 7.84. The zero-order valence-electron chi connectivity index (χ0n) is 15.1. The molecule has 1 unspecified atom stereocenters. The number of carbonyl (C=O) groups excluding carboxylic acids is 2. The number of rotatable bonds is 5. The maximum Gasteiger partial charge on any atom is 0.355 e. The van der Waals surface area contributed by atoms with Gasteiger partial charge in [0.1, 0.15) is 29.5 Å². The van der Waals surface area contributed by atoms with E-state index in [1.165, 1.54) is 4.90 Å². The number of fused-ring (bicyclic) bond motifs is 1. The number of nitrogens with two attached hydrogens (primary N) is 1. The number of esters is 1. The number of methoxy groups -OCH3 is 1. The number of thioether (sulfide) groups is 1. The van der Waals surface area contributed by atoms with Gasteiger partial charge in [0.2, 0.25) is 5.91 Å². The van der Waals surface area contributed by atoms with E-state index in [2.05, 4.69) is 0 Å². The molecule has 3 aliphatic rings. The summed E-state index contributed by atoms with van der Waals surface area (Å²) in [5.74, 6) is 0.626. The molecule has 2 saturated heterocycles. The van der Waals surface area contributed by atoms with Crippen LogP contribution in [0.5, 0.6) is 5.75 Å². The van der Waals surface area contributed by atoms with Gasteiger partial charge in [-0.2, -0.15) is 0 Å². The lowest BCUT2D eigenvalue weighted by Gasteiger charge is -2.48. The van der Waals surface area contributed by atoms with Crippen LogP contribution in [0.1, 0.15) is 18.4 Å². The molecular weight excluding hydrogens is 368 g/mol. The van der Waals surface area contributed by atoms with Crippen LogP contribution in [0.3, 0.4) is 0 Å². The number of β-lactam (4-membered cyclic amide) rings is 1. The van der Waals surface area contributed by atoms with Crippen LogP contribution < -0.4 is 10.5 Å². The standard InChI is InChI=1S/C19H22N2O5S/c1-24-12-6-4-11(5-7-12)9-26-19(23)16-13(14-3-2-8-25-14)10-27-18-15(20)17(22)21(16)18/h4-7,14-15,18H,2-3,8-10,20H2,1H3/t14?,15-,18-/m1/s1. The van der Waals surface area contributed by atoms with Gasteiger partial charge in [-0.05, 0) is 36.1 Å². The molecule has 3 atom stereocenters. The Kier molecular flexibility index (Phi) is 5.12. The van der Waals surface area contributed by atoms with Gasteiger partial charge in [-0.3, -0.25) is 9.69 Å². The Hall–Kier alpha value is -2.03. The molecule has 0 spiro atoms. The number of carbonyl (C=O) groups is 2. The van der Waals surface area contributed by atoms with Crippen molar-refractivity contribution in [3.05, 3.63) is 41.1 Å². The first-order chi connectivity index (χ1) is 13.1. The van der Waals surface area contributed by atoms with Gasteiger partial charge in [-0.25, -0.2) is 4.79 Å². The summed E-state index contributed by atoms with van der Waals surface area (Å²) < 4.78 is 16.4. The first kappa shape index (κ1) is 18.3. The molecule has 27 heavy (non-hydrogen) atoms. The lowest BCUT2D eigenvalue weighted by atomic mass is 10.00. The molecule has 2 N–H and O–H groups in total. The van der Waals surface area contributed by atoms with Crippen molar-refractivity contribution < 1.29 is 23.8 Å². The number of benzene rings is 1. The molecule has 0 bridgehead atoms. The average molecular weight is 390 g/mol. The second kappa shape index (κ2) is 7.53. The Balaban J connectivity index is 1.54. The van der Waals surface area contributed by atoms with E-state index in [-0.39, 0.29) is 24.0 Å². The summed E-state index contributed by atoms with van der Waals surface area (Å²) in [6.07, 6.45) is 1.67. The maximum atomic E-state index is 12.9. The van der Waals surface area contributed by atoms with Gasteiger partial charge >= 0.3 is 5.97 Å². The zero-order valence-corrected chi connectivity index (χ0v) is 15.9. The highest BCUT2D eigenvalue weighted by Crippen LogP contribution is 2.42. The van der Waals surface area contributed by atoms with Crippen molar-refractivity contribution in [3.8, 4) is 5.75 Å². The summed E-state index contributed by atoms with van der Waals surface area (Å²) in [5.41, 5.74) is 7.91. The highest BCUT2D eigenvalue weighted by atomic mass is 32.2. The fourth-order valence-corrected chi connectivity index (χ4v) is 4.92. The molecule has 7 nitrogen and oxygen atoms in total. The number of hydrogen-bond acceptors (Lipinski definition) is 7. The molecule has 4 rings (SSSR count). The molecule has 0 aliphatic carbocycles. The van der Waals surface area contributed by atoms with Gasteiger partial charge in [-0.15, -0.1) is 11.8 Å². The Bertz CT molecular complexity index is 773. The normalized spacial score (nSPS) is 27.3. The van der Waals surface area contributed by atoms with Gasteiger partial charge in [0.25, 0.3) is 0 Å². The van der Waals surface area contributed by atoms with E-state index < -0.39 is 12.0 Å². The van der Waals surface area contributed by atoms with Gasteiger partial charge < -0.3 is 19.9 Å². The highest BCUT2D eigenvalue weighted by molar-refractivity contribution is 8.00. The Morgan fingerprint density at radius 1 is 1.37 bits per heavy atom. The predicted octanol–water partition coefficient (Wildman–Crippen LogP) is 1.41. The summed E-state index contributed by atoms with van der Waals surface area (Å²) in [6.45, 7) is 0.793. The first-order valence-corrected chi connectivity index (χ1v) is 10.00. The molecule has 1 aromatic rings. The van der Waals surface area contributed by atoms with Gasteiger partial charge in [0, 0.05) is 12.4 Å². The number of amides is 1. The lowest BCUT2D eigenvalue weighted by Crippen LogP contribution is -2.68. The van der Waals surface area contributed by atoms with Crippen LogP contribution in [0.25, 0.3) is 0 Å². The Labute approximate surface area is 161 Å². The molecule has 3 heterocycles. The topological polar surface area (TPSA) is 91.1 Å². The molecular formula is C19H22N2O5S. The summed E-state index contributed by atoms with van der Waals surface area (Å²) in [7, 11) is 1.60. The third kappa shape index (κ3) is 3.33. The summed E-state index contributed by atoms with van der Waals surface area (Å²) in [5, 5.41) is -0.203. The Morgan fingerprint density at radius 3 is 2.81 bits per heavy atom. The van der Waals surface area contributed by atoms with E-state index in [4.69, 9.17) is 19.9 Å². The second-order valence-electron chi connectivity index (χ2n) is 6.74. The van der Waals surface area contributed by atoms with Crippen molar-refractivity contribution in [2.45, 2.75) is 37.0 Å². The molecule has 8 heteroatoms. The number of nitrogens with zero attached hydrogens (tertiary/aromatic N) is 1. The van der Waals surface area contributed by atoms with Crippen LogP contribution >= 0.6 is 11.8 Å². The number of hydrogen-bond donors (Lipinski definition) is 1. The quantitative estimate of drug-likeness (QED) is 0.600. The van der Waals surface area contributed by atoms with Crippen molar-refractivity contribution in [3.63, 3.8) is 0 Å². The fraction of sp³-hybridized carbons (Fsp3) is 0.474. The van der Waals surface area contributed by atoms with Crippen LogP contribution in [0.15, 0.2) is 35.5 Å². The van der Waals surface area contributed by atoms with Crippen LogP contribution in [0, 0.1) is 0 Å². The zero-order chi connectivity index (χ0) is 19.0. The lowest BCUT2D eigenvalue weighted by molar-refractivity contribution is -0.151. The van der Waals surface area contributed by atoms with Crippen LogP contribution in [-0.4, -0.2) is 53.8 Å². The van der Waals surface area contributed by atoms with E-state index in [0.717, 1.165) is 29.7 Å². The van der Waals surface area contributed by atoms with E-state index in [1.807, 2.05) is 24.3 Å². The third-order valence-electron chi connectivity index (χ3n) is 5.08. The minimum absolute atomic E-state index is 0.122. The molecule has 1 amide bonds. The van der Waals surface area contributed by atoms with Crippen molar-refractivity contribution in [1.82, 2.24) is 4.90 Å². The summed E-state index contributed by atoms with van der Waals surface area (Å²) in [4.78, 5) is 26.7. The first-order valence-electron chi connectivity index (χ1n) is 8.95. The molecule has 0 aromatic heterocycles. The van der Waals surface area contributed by atoms with Crippen molar-refractivity contribution >= 4 is 23.6 Å². The number of ether oxygens (including phenoxy) is 3. The highest BCUT2D eigenvalue weighted by Gasteiger charge is 2.53. The molecule has 1 aromatic carbocycles. The largest absolute Gasteiger partial charge is 0.497 e. The third-order valence-corrected chi connectivity index (χ3v) is 6.40. The van der Waals surface area contributed by atoms with Gasteiger partial charge in [-0.1, -0.05) is 12.1 Å². The molecule has 0 radical (unpaired) electrons. The van der Waals surface area contributed by atoms with Crippen LogP contribution in [0.2, 0.25) is 0 Å². The van der Waals surface area contributed by atoms with E-state index in [9.17, 15) is 9.59 Å². The van der Waals surface area contributed by atoms with Crippen LogP contribution in [0.4, 0.5) is 0 Å². The molecule has 3 aliphatic heterocycles. The molecule has 144 valence electrons. The van der Waals surface area contributed by atoms with Gasteiger partial charge in [0.15, 0.2) is 0 Å². The fourth-order valence-electron chi connectivity index (χ4n) is 3.57. The van der Waals surface area contributed by atoms with E-state index in [0.29, 0.717) is 18.1 Å². The van der Waals surface area contributed by atoms with Gasteiger partial charge in [0.05, 0.1) is 13.2 Å². The van der Waals surface area contributed by atoms with Crippen LogP contribution in [-0.2, 0) is 25.7 Å². The predicted molar refractivity (Wildman–Crippen MR) is 99.9 cm³/mol. The van der Waals surface area contributed by atoms with Crippen molar-refractivity contribution in [1.29, 1.82) is 0 Å². The average Bonchev–Trinajstić information content (AvgIpc) is 3.25. The van der Waals surface area contributed by atoms with Crippen molar-refractivity contribution in [2.75, 3.05) is 19.5 Å². The monoisotopic (exact) mass is 390 g/mol. The summed E-state index contributed by atoms with van der Waals surface area (Å²) in [6, 6.07) is 6.74. The maximum absolute atomic E-state index is 12.9. The Morgan fingerprint density at radius 2 is 2.15 bits per heavy atom. The molecule has 2 fully saturated rings. The SMILES string of the molecule is COc1ccc(COC(=O)C2=C(C3CCCO3)CS[C@@H]3[C@H](N)C(=O)N23)cc1.